The Morgan fingerprint density at radius 3 is 2.47 bits per heavy atom. The van der Waals surface area contributed by atoms with Gasteiger partial charge in [0.15, 0.2) is 0 Å². The second-order valence-electron chi connectivity index (χ2n) is 5.13. The van der Waals surface area contributed by atoms with Gasteiger partial charge >= 0.3 is 5.97 Å². The Morgan fingerprint density at radius 1 is 1.42 bits per heavy atom. The maximum atomic E-state index is 11.5. The summed E-state index contributed by atoms with van der Waals surface area (Å²) < 4.78 is 0. The van der Waals surface area contributed by atoms with Crippen LogP contribution in [-0.2, 0) is 4.79 Å². The van der Waals surface area contributed by atoms with Gasteiger partial charge in [0.1, 0.15) is 5.54 Å². The second-order valence-corrected chi connectivity index (χ2v) is 5.57. The average Bonchev–Trinajstić information content (AvgIpc) is 2.35. The van der Waals surface area contributed by atoms with Crippen molar-refractivity contribution in [3.8, 4) is 0 Å². The third kappa shape index (κ3) is 3.48. The normalized spacial score (nSPS) is 13.6. The molecule has 0 saturated carbocycles. The van der Waals surface area contributed by atoms with E-state index in [0.29, 0.717) is 11.6 Å². The van der Waals surface area contributed by atoms with Crippen LogP contribution in [0.5, 0.6) is 0 Å². The molecule has 0 heterocycles. The number of likely N-dealkylation sites (N-methyl/N-ethyl adjacent to an activating group) is 1. The highest BCUT2D eigenvalue weighted by atomic mass is 35.5. The molecule has 0 amide bonds. The van der Waals surface area contributed by atoms with Crippen molar-refractivity contribution in [3.05, 3.63) is 34.9 Å². The Labute approximate surface area is 120 Å². The molecule has 4 heteroatoms. The minimum atomic E-state index is -0.905. The maximum absolute atomic E-state index is 11.5. The van der Waals surface area contributed by atoms with Crippen molar-refractivity contribution >= 4 is 17.6 Å². The molecule has 0 aliphatic carbocycles. The van der Waals surface area contributed by atoms with Gasteiger partial charge in [0.25, 0.3) is 0 Å². The lowest BCUT2D eigenvalue weighted by Gasteiger charge is -2.40. The zero-order valence-electron chi connectivity index (χ0n) is 12.0. The van der Waals surface area contributed by atoms with E-state index in [1.165, 1.54) is 0 Å². The number of carboxylic acid groups (broad SMARTS) is 1. The quantitative estimate of drug-likeness (QED) is 0.858. The fourth-order valence-corrected chi connectivity index (χ4v) is 2.68. The largest absolute Gasteiger partial charge is 0.480 e. The molecule has 106 valence electrons. The second kappa shape index (κ2) is 6.40. The van der Waals surface area contributed by atoms with Crippen molar-refractivity contribution in [2.45, 2.75) is 45.7 Å². The number of carbonyl (C=O) groups is 1. The van der Waals surface area contributed by atoms with Gasteiger partial charge in [-0.2, -0.15) is 0 Å². The standard InChI is InChI=1S/C15H22ClNO2/c1-5-13(11-8-7-9-12(16)10-11)17(6-2)15(3,4)14(18)19/h7-10,13H,5-6H2,1-4H3,(H,18,19). The first kappa shape index (κ1) is 16.0. The Balaban J connectivity index is 3.16. The lowest BCUT2D eigenvalue weighted by atomic mass is 9.95. The summed E-state index contributed by atoms with van der Waals surface area (Å²) in [5.41, 5.74) is 0.156. The summed E-state index contributed by atoms with van der Waals surface area (Å²) >= 11 is 6.04. The summed E-state index contributed by atoms with van der Waals surface area (Å²) in [5.74, 6) is -0.810. The smallest absolute Gasteiger partial charge is 0.323 e. The number of hydrogen-bond donors (Lipinski definition) is 1. The van der Waals surface area contributed by atoms with Crippen LogP contribution in [0.15, 0.2) is 24.3 Å². The molecule has 0 aromatic heterocycles. The fourth-order valence-electron chi connectivity index (χ4n) is 2.48. The van der Waals surface area contributed by atoms with Crippen molar-refractivity contribution < 1.29 is 9.90 Å². The van der Waals surface area contributed by atoms with Crippen molar-refractivity contribution in [1.29, 1.82) is 0 Å². The zero-order valence-corrected chi connectivity index (χ0v) is 12.7. The number of rotatable bonds is 6. The molecule has 1 aromatic carbocycles. The molecule has 1 N–H and O–H groups in total. The minimum absolute atomic E-state index is 0.0507. The molecule has 1 rings (SSSR count). The molecule has 0 radical (unpaired) electrons. The maximum Gasteiger partial charge on any atom is 0.323 e. The third-order valence-corrected chi connectivity index (χ3v) is 3.81. The Bertz CT molecular complexity index is 446. The predicted molar refractivity (Wildman–Crippen MR) is 78.6 cm³/mol. The summed E-state index contributed by atoms with van der Waals surface area (Å²) in [7, 11) is 0. The van der Waals surface area contributed by atoms with Crippen LogP contribution in [-0.4, -0.2) is 28.1 Å². The van der Waals surface area contributed by atoms with E-state index in [0.717, 1.165) is 12.0 Å². The first-order valence-corrected chi connectivity index (χ1v) is 6.98. The molecule has 0 spiro atoms. The predicted octanol–water partition coefficient (Wildman–Crippen LogP) is 3.98. The first-order chi connectivity index (χ1) is 8.84. The van der Waals surface area contributed by atoms with Crippen LogP contribution in [0.4, 0.5) is 0 Å². The van der Waals surface area contributed by atoms with Gasteiger partial charge in [-0.1, -0.05) is 37.6 Å². The van der Waals surface area contributed by atoms with E-state index in [4.69, 9.17) is 11.6 Å². The molecule has 0 saturated heterocycles. The van der Waals surface area contributed by atoms with Gasteiger partial charge in [0.2, 0.25) is 0 Å². The lowest BCUT2D eigenvalue weighted by molar-refractivity contribution is -0.151. The van der Waals surface area contributed by atoms with Gasteiger partial charge in [0, 0.05) is 11.1 Å². The van der Waals surface area contributed by atoms with Crippen molar-refractivity contribution in [1.82, 2.24) is 4.90 Å². The molecular weight excluding hydrogens is 262 g/mol. The van der Waals surface area contributed by atoms with Crippen LogP contribution < -0.4 is 0 Å². The van der Waals surface area contributed by atoms with Gasteiger partial charge < -0.3 is 5.11 Å². The molecule has 3 nitrogen and oxygen atoms in total. The molecule has 1 aromatic rings. The van der Waals surface area contributed by atoms with E-state index >= 15 is 0 Å². The van der Waals surface area contributed by atoms with E-state index < -0.39 is 11.5 Å². The SMILES string of the molecule is CCC(c1cccc(Cl)c1)N(CC)C(C)(C)C(=O)O. The number of nitrogens with zero attached hydrogens (tertiary/aromatic N) is 1. The Kier molecular flexibility index (Phi) is 5.39. The van der Waals surface area contributed by atoms with Crippen LogP contribution in [0, 0.1) is 0 Å². The van der Waals surface area contributed by atoms with Gasteiger partial charge in [-0.15, -0.1) is 0 Å². The van der Waals surface area contributed by atoms with E-state index in [2.05, 4.69) is 6.92 Å². The summed E-state index contributed by atoms with van der Waals surface area (Å²) in [6.07, 6.45) is 0.838. The van der Waals surface area contributed by atoms with Gasteiger partial charge in [0.05, 0.1) is 0 Å². The highest BCUT2D eigenvalue weighted by Crippen LogP contribution is 2.32. The van der Waals surface area contributed by atoms with Crippen LogP contribution in [0.2, 0.25) is 5.02 Å². The summed E-state index contributed by atoms with van der Waals surface area (Å²) in [6, 6.07) is 7.70. The van der Waals surface area contributed by atoms with Crippen molar-refractivity contribution in [2.75, 3.05) is 6.54 Å². The van der Waals surface area contributed by atoms with Crippen molar-refractivity contribution in [3.63, 3.8) is 0 Å². The number of aliphatic carboxylic acids is 1. The summed E-state index contributed by atoms with van der Waals surface area (Å²) in [6.45, 7) is 8.20. The molecule has 0 aliphatic heterocycles. The number of benzene rings is 1. The zero-order chi connectivity index (χ0) is 14.6. The molecular formula is C15H22ClNO2. The summed E-state index contributed by atoms with van der Waals surface area (Å²) in [4.78, 5) is 13.5. The molecule has 1 unspecified atom stereocenters. The lowest BCUT2D eigenvalue weighted by Crippen LogP contribution is -2.51. The first-order valence-electron chi connectivity index (χ1n) is 6.60. The number of halogens is 1. The molecule has 0 fully saturated rings. The topological polar surface area (TPSA) is 40.5 Å². The van der Waals surface area contributed by atoms with Crippen LogP contribution in [0.25, 0.3) is 0 Å². The van der Waals surface area contributed by atoms with Crippen LogP contribution in [0.1, 0.15) is 45.7 Å². The number of carboxylic acids is 1. The molecule has 1 atom stereocenters. The molecule has 0 bridgehead atoms. The van der Waals surface area contributed by atoms with E-state index in [1.54, 1.807) is 13.8 Å². The van der Waals surface area contributed by atoms with E-state index in [-0.39, 0.29) is 6.04 Å². The van der Waals surface area contributed by atoms with Gasteiger partial charge in [-0.3, -0.25) is 9.69 Å². The fraction of sp³-hybridized carbons (Fsp3) is 0.533. The van der Waals surface area contributed by atoms with Crippen molar-refractivity contribution in [2.24, 2.45) is 0 Å². The number of hydrogen-bond acceptors (Lipinski definition) is 2. The Morgan fingerprint density at radius 2 is 2.05 bits per heavy atom. The Hall–Kier alpha value is -1.06. The van der Waals surface area contributed by atoms with Gasteiger partial charge in [-0.25, -0.2) is 0 Å². The minimum Gasteiger partial charge on any atom is -0.480 e. The molecule has 0 aliphatic rings. The highest BCUT2D eigenvalue weighted by molar-refractivity contribution is 6.30. The monoisotopic (exact) mass is 283 g/mol. The van der Waals surface area contributed by atoms with E-state index in [1.807, 2.05) is 36.1 Å². The molecule has 19 heavy (non-hydrogen) atoms. The van der Waals surface area contributed by atoms with Crippen LogP contribution in [0.3, 0.4) is 0 Å². The third-order valence-electron chi connectivity index (χ3n) is 3.58. The highest BCUT2D eigenvalue weighted by Gasteiger charge is 2.37. The summed E-state index contributed by atoms with van der Waals surface area (Å²) in [5, 5.41) is 10.1. The van der Waals surface area contributed by atoms with Gasteiger partial charge in [-0.05, 0) is 44.5 Å². The average molecular weight is 284 g/mol. The van der Waals surface area contributed by atoms with E-state index in [9.17, 15) is 9.90 Å². The van der Waals surface area contributed by atoms with Crippen LogP contribution >= 0.6 is 11.6 Å².